The van der Waals surface area contributed by atoms with Gasteiger partial charge in [-0.25, -0.2) is 0 Å². The lowest BCUT2D eigenvalue weighted by atomic mass is 10.1. The van der Waals surface area contributed by atoms with Gasteiger partial charge in [-0.2, -0.15) is 4.98 Å². The van der Waals surface area contributed by atoms with Crippen molar-refractivity contribution in [2.75, 3.05) is 26.2 Å². The second kappa shape index (κ2) is 8.19. The van der Waals surface area contributed by atoms with Crippen LogP contribution >= 0.6 is 0 Å². The number of hydrogen-bond donors (Lipinski definition) is 2. The average Bonchev–Trinajstić information content (AvgIpc) is 3.07. The minimum absolute atomic E-state index is 0.0929. The molecule has 0 bridgehead atoms. The SMILES string of the molecule is NC(=O)c1noc(CN2CCN(Cc3ccccc3)[C@H](CCO)C2)n1. The van der Waals surface area contributed by atoms with Crippen LogP contribution in [0, 0.1) is 0 Å². The van der Waals surface area contributed by atoms with Crippen molar-refractivity contribution in [3.63, 3.8) is 0 Å². The standard InChI is InChI=1S/C17H23N5O3/c18-16(24)17-19-15(25-20-17)12-21-7-8-22(14(11-21)6-9-23)10-13-4-2-1-3-5-13/h1-5,14,23H,6-12H2,(H2,18,24)/t14-/m1/s1. The zero-order valence-corrected chi connectivity index (χ0v) is 14.0. The summed E-state index contributed by atoms with van der Waals surface area (Å²) in [6.45, 7) is 4.02. The Balaban J connectivity index is 1.61. The van der Waals surface area contributed by atoms with Crippen LogP contribution in [0.2, 0.25) is 0 Å². The molecule has 3 N–H and O–H groups in total. The van der Waals surface area contributed by atoms with E-state index in [1.165, 1.54) is 5.56 Å². The van der Waals surface area contributed by atoms with Crippen molar-refractivity contribution in [1.82, 2.24) is 19.9 Å². The molecule has 134 valence electrons. The summed E-state index contributed by atoms with van der Waals surface area (Å²) < 4.78 is 5.08. The number of nitrogens with zero attached hydrogens (tertiary/aromatic N) is 4. The molecule has 1 amide bonds. The smallest absolute Gasteiger partial charge is 0.290 e. The lowest BCUT2D eigenvalue weighted by Gasteiger charge is -2.41. The summed E-state index contributed by atoms with van der Waals surface area (Å²) in [5.41, 5.74) is 6.41. The van der Waals surface area contributed by atoms with Crippen molar-refractivity contribution in [3.8, 4) is 0 Å². The predicted octanol–water partition coefficient (Wildman–Crippen LogP) is 0.237. The van der Waals surface area contributed by atoms with Gasteiger partial charge < -0.3 is 15.4 Å². The highest BCUT2D eigenvalue weighted by molar-refractivity contribution is 5.88. The number of carbonyl (C=O) groups excluding carboxylic acids is 1. The number of piperazine rings is 1. The molecule has 0 saturated carbocycles. The molecule has 3 rings (SSSR count). The van der Waals surface area contributed by atoms with Crippen molar-refractivity contribution >= 4 is 5.91 Å². The van der Waals surface area contributed by atoms with Gasteiger partial charge in [0, 0.05) is 38.8 Å². The molecule has 2 heterocycles. The van der Waals surface area contributed by atoms with Gasteiger partial charge in [-0.1, -0.05) is 35.5 Å². The number of primary amides is 1. The summed E-state index contributed by atoms with van der Waals surface area (Å²) in [6.07, 6.45) is 0.708. The van der Waals surface area contributed by atoms with Gasteiger partial charge in [-0.15, -0.1) is 0 Å². The van der Waals surface area contributed by atoms with E-state index in [-0.39, 0.29) is 18.5 Å². The molecule has 1 aromatic heterocycles. The molecule has 1 saturated heterocycles. The molecule has 0 spiro atoms. The molecule has 1 fully saturated rings. The molecule has 2 aromatic rings. The largest absolute Gasteiger partial charge is 0.396 e. The number of carbonyl (C=O) groups is 1. The predicted molar refractivity (Wildman–Crippen MR) is 90.4 cm³/mol. The van der Waals surface area contributed by atoms with E-state index < -0.39 is 5.91 Å². The van der Waals surface area contributed by atoms with Gasteiger partial charge in [-0.3, -0.25) is 14.6 Å². The molecule has 0 unspecified atom stereocenters. The Kier molecular flexibility index (Phi) is 5.75. The first kappa shape index (κ1) is 17.5. The first-order valence-corrected chi connectivity index (χ1v) is 8.39. The Morgan fingerprint density at radius 1 is 1.28 bits per heavy atom. The van der Waals surface area contributed by atoms with Gasteiger partial charge in [0.1, 0.15) is 0 Å². The van der Waals surface area contributed by atoms with Crippen LogP contribution in [-0.2, 0) is 13.1 Å². The highest BCUT2D eigenvalue weighted by Gasteiger charge is 2.27. The molecular formula is C17H23N5O3. The topological polar surface area (TPSA) is 109 Å². The lowest BCUT2D eigenvalue weighted by molar-refractivity contribution is 0.0450. The molecule has 8 heteroatoms. The summed E-state index contributed by atoms with van der Waals surface area (Å²) in [4.78, 5) is 19.6. The van der Waals surface area contributed by atoms with E-state index in [0.29, 0.717) is 18.9 Å². The monoisotopic (exact) mass is 345 g/mol. The van der Waals surface area contributed by atoms with Gasteiger partial charge >= 0.3 is 0 Å². The minimum Gasteiger partial charge on any atom is -0.396 e. The van der Waals surface area contributed by atoms with E-state index in [9.17, 15) is 9.90 Å². The zero-order chi connectivity index (χ0) is 17.6. The van der Waals surface area contributed by atoms with Crippen molar-refractivity contribution < 1.29 is 14.4 Å². The molecule has 0 aliphatic carbocycles. The van der Waals surface area contributed by atoms with Gasteiger partial charge in [-0.05, 0) is 12.0 Å². The normalized spacial score (nSPS) is 19.2. The maximum absolute atomic E-state index is 11.0. The molecule has 0 radical (unpaired) electrons. The number of hydrogen-bond acceptors (Lipinski definition) is 7. The second-order valence-electron chi connectivity index (χ2n) is 6.23. The third-order valence-electron chi connectivity index (χ3n) is 4.43. The molecular weight excluding hydrogens is 322 g/mol. The first-order valence-electron chi connectivity index (χ1n) is 8.39. The summed E-state index contributed by atoms with van der Waals surface area (Å²) >= 11 is 0. The Morgan fingerprint density at radius 3 is 2.76 bits per heavy atom. The number of amides is 1. The Labute approximate surface area is 146 Å². The third-order valence-corrected chi connectivity index (χ3v) is 4.43. The molecule has 25 heavy (non-hydrogen) atoms. The maximum atomic E-state index is 11.0. The summed E-state index contributed by atoms with van der Waals surface area (Å²) in [6, 6.07) is 10.6. The first-order chi connectivity index (χ1) is 12.2. The van der Waals surface area contributed by atoms with Crippen LogP contribution in [0.4, 0.5) is 0 Å². The molecule has 8 nitrogen and oxygen atoms in total. The fraction of sp³-hybridized carbons (Fsp3) is 0.471. The highest BCUT2D eigenvalue weighted by atomic mass is 16.5. The number of benzene rings is 1. The van der Waals surface area contributed by atoms with Crippen LogP contribution < -0.4 is 5.73 Å². The summed E-state index contributed by atoms with van der Waals surface area (Å²) in [5, 5.41) is 13.0. The van der Waals surface area contributed by atoms with Crippen molar-refractivity contribution in [2.45, 2.75) is 25.6 Å². The van der Waals surface area contributed by atoms with E-state index in [2.05, 4.69) is 32.1 Å². The molecule has 1 aromatic carbocycles. The number of nitrogens with two attached hydrogens (primary N) is 1. The van der Waals surface area contributed by atoms with E-state index in [0.717, 1.165) is 26.2 Å². The quantitative estimate of drug-likeness (QED) is 0.740. The van der Waals surface area contributed by atoms with Crippen molar-refractivity contribution in [1.29, 1.82) is 0 Å². The van der Waals surface area contributed by atoms with Crippen LogP contribution in [0.1, 0.15) is 28.5 Å². The van der Waals surface area contributed by atoms with Gasteiger partial charge in [0.2, 0.25) is 5.89 Å². The van der Waals surface area contributed by atoms with Crippen molar-refractivity contribution in [3.05, 3.63) is 47.6 Å². The maximum Gasteiger partial charge on any atom is 0.290 e. The van der Waals surface area contributed by atoms with Crippen LogP contribution in [-0.4, -0.2) is 63.2 Å². The number of aliphatic hydroxyl groups is 1. The molecule has 1 aliphatic rings. The van der Waals surface area contributed by atoms with Gasteiger partial charge in [0.15, 0.2) is 0 Å². The van der Waals surface area contributed by atoms with Crippen LogP contribution in [0.25, 0.3) is 0 Å². The Hall–Kier alpha value is -2.29. The third kappa shape index (κ3) is 4.62. The minimum atomic E-state index is -0.694. The Morgan fingerprint density at radius 2 is 2.08 bits per heavy atom. The van der Waals surface area contributed by atoms with Crippen LogP contribution in [0.15, 0.2) is 34.9 Å². The van der Waals surface area contributed by atoms with Crippen molar-refractivity contribution in [2.24, 2.45) is 5.73 Å². The van der Waals surface area contributed by atoms with Crippen LogP contribution in [0.5, 0.6) is 0 Å². The van der Waals surface area contributed by atoms with E-state index in [4.69, 9.17) is 10.3 Å². The van der Waals surface area contributed by atoms with E-state index >= 15 is 0 Å². The van der Waals surface area contributed by atoms with E-state index in [1.807, 2.05) is 18.2 Å². The summed E-state index contributed by atoms with van der Waals surface area (Å²) in [7, 11) is 0. The fourth-order valence-corrected chi connectivity index (χ4v) is 3.16. The second-order valence-corrected chi connectivity index (χ2v) is 6.23. The summed E-state index contributed by atoms with van der Waals surface area (Å²) in [5.74, 6) is -0.404. The molecule has 1 aliphatic heterocycles. The molecule has 1 atom stereocenters. The lowest BCUT2D eigenvalue weighted by Crippen LogP contribution is -2.52. The highest BCUT2D eigenvalue weighted by Crippen LogP contribution is 2.18. The van der Waals surface area contributed by atoms with Crippen LogP contribution in [0.3, 0.4) is 0 Å². The zero-order valence-electron chi connectivity index (χ0n) is 14.0. The number of aromatic nitrogens is 2. The number of rotatable bonds is 7. The van der Waals surface area contributed by atoms with Gasteiger partial charge in [0.25, 0.3) is 11.7 Å². The number of aliphatic hydroxyl groups excluding tert-OH is 1. The van der Waals surface area contributed by atoms with E-state index in [1.54, 1.807) is 0 Å². The Bertz CT molecular complexity index is 691. The van der Waals surface area contributed by atoms with Gasteiger partial charge in [0.05, 0.1) is 6.54 Å². The average molecular weight is 345 g/mol. The fourth-order valence-electron chi connectivity index (χ4n) is 3.16.